The summed E-state index contributed by atoms with van der Waals surface area (Å²) in [5.74, 6) is 0.189. The SMILES string of the molecule is C[N+](C)(C)c1cccc(OS(=O)(=O)c2ccc([N+](=O)[O-])cc2)c1. The molecule has 0 heterocycles. The highest BCUT2D eigenvalue weighted by atomic mass is 32.2. The van der Waals surface area contributed by atoms with Crippen molar-refractivity contribution in [1.82, 2.24) is 4.48 Å². The number of hydrogen-bond donors (Lipinski definition) is 0. The third-order valence-electron chi connectivity index (χ3n) is 3.13. The summed E-state index contributed by atoms with van der Waals surface area (Å²) in [4.78, 5) is 9.87. The molecular weight excluding hydrogens is 320 g/mol. The summed E-state index contributed by atoms with van der Waals surface area (Å²) in [7, 11) is 1.80. The number of nitro benzene ring substituents is 1. The summed E-state index contributed by atoms with van der Waals surface area (Å²) in [6.45, 7) is 0. The molecule has 0 radical (unpaired) electrons. The van der Waals surface area contributed by atoms with Crippen LogP contribution >= 0.6 is 0 Å². The van der Waals surface area contributed by atoms with Gasteiger partial charge in [0.15, 0.2) is 0 Å². The average Bonchev–Trinajstić information content (AvgIpc) is 2.46. The monoisotopic (exact) mass is 337 g/mol. The Morgan fingerprint density at radius 2 is 1.65 bits per heavy atom. The molecule has 0 atom stereocenters. The van der Waals surface area contributed by atoms with Gasteiger partial charge in [0, 0.05) is 18.2 Å². The molecular formula is C15H17N2O5S+. The van der Waals surface area contributed by atoms with Crippen LogP contribution in [0.5, 0.6) is 5.75 Å². The first-order valence-electron chi connectivity index (χ1n) is 6.70. The Balaban J connectivity index is 2.29. The first-order valence-corrected chi connectivity index (χ1v) is 8.11. The molecule has 0 N–H and O–H groups in total. The molecule has 7 nitrogen and oxygen atoms in total. The largest absolute Gasteiger partial charge is 0.379 e. The van der Waals surface area contributed by atoms with E-state index in [-0.39, 0.29) is 16.3 Å². The molecule has 2 aromatic carbocycles. The van der Waals surface area contributed by atoms with Gasteiger partial charge in [-0.3, -0.25) is 14.6 Å². The van der Waals surface area contributed by atoms with E-state index in [4.69, 9.17) is 4.18 Å². The first kappa shape index (κ1) is 16.9. The van der Waals surface area contributed by atoms with Crippen LogP contribution in [0.2, 0.25) is 0 Å². The van der Waals surface area contributed by atoms with E-state index in [2.05, 4.69) is 0 Å². The quantitative estimate of drug-likeness (QED) is 0.362. The maximum atomic E-state index is 12.2. The minimum atomic E-state index is -4.05. The number of non-ortho nitro benzene ring substituents is 1. The first-order chi connectivity index (χ1) is 10.6. The van der Waals surface area contributed by atoms with Crippen molar-refractivity contribution in [3.05, 3.63) is 58.6 Å². The minimum Gasteiger partial charge on any atom is -0.379 e. The Morgan fingerprint density at radius 1 is 1.04 bits per heavy atom. The molecule has 122 valence electrons. The molecule has 0 amide bonds. The lowest BCUT2D eigenvalue weighted by Gasteiger charge is -2.23. The zero-order valence-electron chi connectivity index (χ0n) is 13.0. The van der Waals surface area contributed by atoms with Gasteiger partial charge in [0.1, 0.15) is 16.3 Å². The van der Waals surface area contributed by atoms with Gasteiger partial charge in [-0.1, -0.05) is 6.07 Å². The lowest BCUT2D eigenvalue weighted by molar-refractivity contribution is -0.384. The van der Waals surface area contributed by atoms with E-state index in [0.29, 0.717) is 4.48 Å². The standard InChI is InChI=1S/C15H17N2O5S/c1-17(2,3)13-5-4-6-14(11-13)22-23(20,21)15-9-7-12(8-10-15)16(18)19/h4-11H,1-3H3/q+1. The zero-order chi connectivity index (χ0) is 17.3. The van der Waals surface area contributed by atoms with E-state index in [0.717, 1.165) is 30.0 Å². The maximum absolute atomic E-state index is 12.2. The highest BCUT2D eigenvalue weighted by molar-refractivity contribution is 7.87. The Morgan fingerprint density at radius 3 is 2.17 bits per heavy atom. The van der Waals surface area contributed by atoms with Gasteiger partial charge in [0.25, 0.3) is 5.69 Å². The van der Waals surface area contributed by atoms with Gasteiger partial charge in [-0.05, 0) is 24.3 Å². The number of rotatable bonds is 5. The molecule has 0 fully saturated rings. The van der Waals surface area contributed by atoms with Crippen LogP contribution in [0.3, 0.4) is 0 Å². The highest BCUT2D eigenvalue weighted by Gasteiger charge is 2.20. The van der Waals surface area contributed by atoms with E-state index in [1.807, 2.05) is 27.2 Å². The summed E-state index contributed by atoms with van der Waals surface area (Å²) in [5.41, 5.74) is 0.692. The van der Waals surface area contributed by atoms with E-state index in [1.54, 1.807) is 18.2 Å². The number of benzene rings is 2. The van der Waals surface area contributed by atoms with E-state index >= 15 is 0 Å². The third-order valence-corrected chi connectivity index (χ3v) is 4.40. The molecule has 23 heavy (non-hydrogen) atoms. The van der Waals surface area contributed by atoms with Gasteiger partial charge in [0.2, 0.25) is 0 Å². The van der Waals surface area contributed by atoms with Gasteiger partial charge in [-0.2, -0.15) is 8.42 Å². The number of quaternary nitrogens is 1. The Hall–Kier alpha value is -2.45. The van der Waals surface area contributed by atoms with Crippen LogP contribution in [0.25, 0.3) is 0 Å². The molecule has 0 aliphatic heterocycles. The molecule has 0 spiro atoms. The molecule has 0 aromatic heterocycles. The lowest BCUT2D eigenvalue weighted by atomic mass is 10.2. The Bertz CT molecular complexity index is 824. The van der Waals surface area contributed by atoms with Gasteiger partial charge in [-0.25, -0.2) is 0 Å². The van der Waals surface area contributed by atoms with Crippen molar-refractivity contribution in [2.75, 3.05) is 21.1 Å². The fraction of sp³-hybridized carbons (Fsp3) is 0.200. The van der Waals surface area contributed by atoms with Crippen molar-refractivity contribution >= 4 is 21.5 Å². The van der Waals surface area contributed by atoms with Gasteiger partial charge < -0.3 is 4.18 Å². The molecule has 2 aromatic rings. The normalized spacial score (nSPS) is 12.0. The van der Waals surface area contributed by atoms with Crippen LogP contribution in [0.4, 0.5) is 11.4 Å². The lowest BCUT2D eigenvalue weighted by Crippen LogP contribution is -2.34. The molecule has 2 rings (SSSR count). The summed E-state index contributed by atoms with van der Waals surface area (Å²) in [5, 5.41) is 10.6. The zero-order valence-corrected chi connectivity index (χ0v) is 13.8. The van der Waals surface area contributed by atoms with Crippen LogP contribution in [0.15, 0.2) is 53.4 Å². The van der Waals surface area contributed by atoms with Gasteiger partial charge in [0.05, 0.1) is 26.1 Å². The smallest absolute Gasteiger partial charge is 0.339 e. The fourth-order valence-electron chi connectivity index (χ4n) is 1.86. The van der Waals surface area contributed by atoms with E-state index in [9.17, 15) is 18.5 Å². The van der Waals surface area contributed by atoms with Crippen LogP contribution in [0, 0.1) is 10.1 Å². The Labute approximate surface area is 134 Å². The molecule has 0 saturated heterocycles. The number of nitro groups is 1. The van der Waals surface area contributed by atoms with Crippen LogP contribution in [0.1, 0.15) is 0 Å². The second-order valence-corrected chi connectivity index (χ2v) is 7.34. The molecule has 0 bridgehead atoms. The van der Waals surface area contributed by atoms with Crippen molar-refractivity contribution < 1.29 is 17.5 Å². The summed E-state index contributed by atoms with van der Waals surface area (Å²) in [6.07, 6.45) is 0. The van der Waals surface area contributed by atoms with Crippen molar-refractivity contribution in [2.45, 2.75) is 4.90 Å². The Kier molecular flexibility index (Phi) is 4.39. The summed E-state index contributed by atoms with van der Waals surface area (Å²) < 4.78 is 30.1. The second kappa shape index (κ2) is 5.98. The maximum Gasteiger partial charge on any atom is 0.339 e. The van der Waals surface area contributed by atoms with Crippen molar-refractivity contribution in [1.29, 1.82) is 0 Å². The average molecular weight is 337 g/mol. The van der Waals surface area contributed by atoms with E-state index < -0.39 is 15.0 Å². The molecule has 0 aliphatic rings. The topological polar surface area (TPSA) is 86.5 Å². The second-order valence-electron chi connectivity index (χ2n) is 5.80. The van der Waals surface area contributed by atoms with E-state index in [1.165, 1.54) is 0 Å². The third kappa shape index (κ3) is 4.05. The van der Waals surface area contributed by atoms with Crippen molar-refractivity contribution in [3.63, 3.8) is 0 Å². The molecule has 0 unspecified atom stereocenters. The minimum absolute atomic E-state index is 0.140. The summed E-state index contributed by atoms with van der Waals surface area (Å²) >= 11 is 0. The van der Waals surface area contributed by atoms with Crippen molar-refractivity contribution in [3.8, 4) is 5.75 Å². The fourth-order valence-corrected chi connectivity index (χ4v) is 2.78. The molecule has 0 aliphatic carbocycles. The molecule has 8 heteroatoms. The highest BCUT2D eigenvalue weighted by Crippen LogP contribution is 2.26. The van der Waals surface area contributed by atoms with Crippen LogP contribution < -0.4 is 8.67 Å². The van der Waals surface area contributed by atoms with Gasteiger partial charge in [-0.15, -0.1) is 0 Å². The molecule has 0 saturated carbocycles. The van der Waals surface area contributed by atoms with Crippen molar-refractivity contribution in [2.24, 2.45) is 0 Å². The predicted molar refractivity (Wildman–Crippen MR) is 86.9 cm³/mol. The predicted octanol–water partition coefficient (Wildman–Crippen LogP) is 2.56. The van der Waals surface area contributed by atoms with Crippen LogP contribution in [-0.4, -0.2) is 34.5 Å². The van der Waals surface area contributed by atoms with Crippen LogP contribution in [-0.2, 0) is 10.1 Å². The number of nitrogens with zero attached hydrogens (tertiary/aromatic N) is 2. The summed E-state index contributed by atoms with van der Waals surface area (Å²) in [6, 6.07) is 11.3. The van der Waals surface area contributed by atoms with Gasteiger partial charge >= 0.3 is 10.1 Å². The number of hydrogen-bond acceptors (Lipinski definition) is 5.